The van der Waals surface area contributed by atoms with Gasteiger partial charge in [0.25, 0.3) is 0 Å². The van der Waals surface area contributed by atoms with Crippen molar-refractivity contribution in [3.63, 3.8) is 0 Å². The number of para-hydroxylation sites is 1. The average molecular weight is 287 g/mol. The van der Waals surface area contributed by atoms with Crippen LogP contribution in [0.3, 0.4) is 0 Å². The number of nitrogens with one attached hydrogen (secondary N) is 2. The second-order valence-corrected chi connectivity index (χ2v) is 4.78. The first-order valence-corrected chi connectivity index (χ1v) is 6.58. The Balaban J connectivity index is 2.05. The highest BCUT2D eigenvalue weighted by atomic mass is 16.5. The maximum absolute atomic E-state index is 11.0. The molecule has 0 fully saturated rings. The summed E-state index contributed by atoms with van der Waals surface area (Å²) in [6.45, 7) is 4.81. The molecule has 0 atom stereocenters. The SMILES string of the molecule is CC(C)COc1ccccc1/C=N/Nc1cn[nH]c(=O)n1. The molecular formula is C14H17N5O2. The molecule has 0 saturated heterocycles. The lowest BCUT2D eigenvalue weighted by atomic mass is 10.2. The number of ether oxygens (including phenoxy) is 1. The number of hydrogen-bond donors (Lipinski definition) is 2. The molecule has 7 nitrogen and oxygen atoms in total. The van der Waals surface area contributed by atoms with Gasteiger partial charge in [0, 0.05) is 5.56 Å². The number of nitrogens with zero attached hydrogens (tertiary/aromatic N) is 3. The number of hydrazone groups is 1. The molecule has 0 aliphatic rings. The van der Waals surface area contributed by atoms with Crippen molar-refractivity contribution >= 4 is 12.0 Å². The van der Waals surface area contributed by atoms with Crippen LogP contribution in [0.2, 0.25) is 0 Å². The van der Waals surface area contributed by atoms with Crippen LogP contribution in [-0.4, -0.2) is 28.0 Å². The van der Waals surface area contributed by atoms with Gasteiger partial charge in [0.1, 0.15) is 5.75 Å². The molecule has 1 aromatic heterocycles. The monoisotopic (exact) mass is 287 g/mol. The van der Waals surface area contributed by atoms with Gasteiger partial charge in [-0.1, -0.05) is 26.0 Å². The zero-order valence-corrected chi connectivity index (χ0v) is 11.9. The Kier molecular flexibility index (Phi) is 5.03. The molecule has 1 heterocycles. The Morgan fingerprint density at radius 3 is 3.00 bits per heavy atom. The highest BCUT2D eigenvalue weighted by Gasteiger charge is 2.02. The van der Waals surface area contributed by atoms with Gasteiger partial charge in [-0.2, -0.15) is 15.2 Å². The summed E-state index contributed by atoms with van der Waals surface area (Å²) in [5, 5.41) is 9.83. The van der Waals surface area contributed by atoms with Crippen LogP contribution >= 0.6 is 0 Å². The maximum Gasteiger partial charge on any atom is 0.363 e. The Hall–Kier alpha value is -2.70. The van der Waals surface area contributed by atoms with Crippen molar-refractivity contribution in [2.45, 2.75) is 13.8 Å². The van der Waals surface area contributed by atoms with E-state index in [0.717, 1.165) is 11.3 Å². The van der Waals surface area contributed by atoms with E-state index < -0.39 is 5.69 Å². The van der Waals surface area contributed by atoms with Crippen LogP contribution in [0.1, 0.15) is 19.4 Å². The van der Waals surface area contributed by atoms with Crippen molar-refractivity contribution in [1.82, 2.24) is 15.2 Å². The topological polar surface area (TPSA) is 92.3 Å². The summed E-state index contributed by atoms with van der Waals surface area (Å²) in [5.74, 6) is 1.48. The van der Waals surface area contributed by atoms with Crippen LogP contribution in [0.15, 0.2) is 40.4 Å². The van der Waals surface area contributed by atoms with Crippen molar-refractivity contribution in [2.24, 2.45) is 11.0 Å². The third-order valence-electron chi connectivity index (χ3n) is 2.44. The van der Waals surface area contributed by atoms with Crippen molar-refractivity contribution < 1.29 is 4.74 Å². The minimum Gasteiger partial charge on any atom is -0.493 e. The number of hydrogen-bond acceptors (Lipinski definition) is 6. The first kappa shape index (κ1) is 14.7. The molecule has 0 saturated carbocycles. The van der Waals surface area contributed by atoms with Gasteiger partial charge >= 0.3 is 5.69 Å². The lowest BCUT2D eigenvalue weighted by Gasteiger charge is -2.10. The van der Waals surface area contributed by atoms with E-state index in [2.05, 4.69) is 39.6 Å². The summed E-state index contributed by atoms with van der Waals surface area (Å²) in [6.07, 6.45) is 2.98. The Morgan fingerprint density at radius 1 is 1.43 bits per heavy atom. The van der Waals surface area contributed by atoms with E-state index in [1.165, 1.54) is 6.20 Å². The number of rotatable bonds is 6. The summed E-state index contributed by atoms with van der Waals surface area (Å²) < 4.78 is 5.72. The fraction of sp³-hybridized carbons (Fsp3) is 0.286. The van der Waals surface area contributed by atoms with Crippen LogP contribution in [0.25, 0.3) is 0 Å². The summed E-state index contributed by atoms with van der Waals surface area (Å²) >= 11 is 0. The molecule has 2 N–H and O–H groups in total. The van der Waals surface area contributed by atoms with E-state index in [-0.39, 0.29) is 5.82 Å². The van der Waals surface area contributed by atoms with E-state index in [0.29, 0.717) is 12.5 Å². The van der Waals surface area contributed by atoms with E-state index in [1.807, 2.05) is 24.3 Å². The van der Waals surface area contributed by atoms with Crippen molar-refractivity contribution in [1.29, 1.82) is 0 Å². The average Bonchev–Trinajstić information content (AvgIpc) is 2.46. The fourth-order valence-corrected chi connectivity index (χ4v) is 1.51. The second-order valence-electron chi connectivity index (χ2n) is 4.78. The molecule has 0 aliphatic heterocycles. The van der Waals surface area contributed by atoms with E-state index in [4.69, 9.17) is 4.74 Å². The van der Waals surface area contributed by atoms with E-state index >= 15 is 0 Å². The summed E-state index contributed by atoms with van der Waals surface area (Å²) in [6, 6.07) is 7.58. The molecule has 0 aliphatic carbocycles. The molecule has 2 aromatic rings. The van der Waals surface area contributed by atoms with Gasteiger partial charge in [0.05, 0.1) is 19.0 Å². The molecule has 0 spiro atoms. The maximum atomic E-state index is 11.0. The van der Waals surface area contributed by atoms with Gasteiger partial charge in [-0.25, -0.2) is 9.89 Å². The Morgan fingerprint density at radius 2 is 2.24 bits per heavy atom. The predicted molar refractivity (Wildman–Crippen MR) is 80.6 cm³/mol. The molecule has 0 amide bonds. The largest absolute Gasteiger partial charge is 0.493 e. The molecular weight excluding hydrogens is 270 g/mol. The minimum atomic E-state index is -0.532. The summed E-state index contributed by atoms with van der Waals surface area (Å²) in [4.78, 5) is 14.6. The van der Waals surface area contributed by atoms with Crippen LogP contribution in [0.5, 0.6) is 5.75 Å². The molecule has 7 heteroatoms. The third kappa shape index (κ3) is 4.72. The molecule has 0 radical (unpaired) electrons. The molecule has 110 valence electrons. The third-order valence-corrected chi connectivity index (χ3v) is 2.44. The molecule has 1 aromatic carbocycles. The first-order chi connectivity index (χ1) is 10.1. The quantitative estimate of drug-likeness (QED) is 0.622. The van der Waals surface area contributed by atoms with Crippen LogP contribution in [0.4, 0.5) is 5.82 Å². The van der Waals surface area contributed by atoms with Crippen molar-refractivity contribution in [3.8, 4) is 5.75 Å². The Labute approximate surface area is 122 Å². The van der Waals surface area contributed by atoms with Crippen LogP contribution < -0.4 is 15.9 Å². The molecule has 0 unspecified atom stereocenters. The lowest BCUT2D eigenvalue weighted by molar-refractivity contribution is 0.271. The Bertz CT molecular complexity index is 666. The first-order valence-electron chi connectivity index (χ1n) is 6.58. The molecule has 21 heavy (non-hydrogen) atoms. The number of H-pyrrole nitrogens is 1. The summed E-state index contributed by atoms with van der Waals surface area (Å²) in [5.41, 5.74) is 2.95. The molecule has 0 bridgehead atoms. The van der Waals surface area contributed by atoms with Gasteiger partial charge < -0.3 is 4.74 Å². The van der Waals surface area contributed by atoms with Crippen LogP contribution in [0, 0.1) is 5.92 Å². The van der Waals surface area contributed by atoms with Crippen molar-refractivity contribution in [2.75, 3.05) is 12.0 Å². The van der Waals surface area contributed by atoms with Gasteiger partial charge in [0.15, 0.2) is 5.82 Å². The standard InChI is InChI=1S/C14H17N5O2/c1-10(2)9-21-12-6-4-3-5-11(12)7-15-18-13-8-16-19-14(20)17-13/h3-8,10H,9H2,1-2H3,(H2,17,18,19,20)/b15-7+. The molecule has 2 rings (SSSR count). The predicted octanol–water partition coefficient (Wildman–Crippen LogP) is 1.65. The van der Waals surface area contributed by atoms with Gasteiger partial charge in [-0.15, -0.1) is 0 Å². The summed E-state index contributed by atoms with van der Waals surface area (Å²) in [7, 11) is 0. The van der Waals surface area contributed by atoms with Crippen molar-refractivity contribution in [3.05, 3.63) is 46.5 Å². The van der Waals surface area contributed by atoms with Crippen LogP contribution in [-0.2, 0) is 0 Å². The minimum absolute atomic E-state index is 0.274. The number of anilines is 1. The van der Waals surface area contributed by atoms with Gasteiger partial charge in [-0.3, -0.25) is 5.43 Å². The highest BCUT2D eigenvalue weighted by Crippen LogP contribution is 2.16. The zero-order valence-electron chi connectivity index (χ0n) is 11.9. The van der Waals surface area contributed by atoms with Gasteiger partial charge in [0.2, 0.25) is 0 Å². The van der Waals surface area contributed by atoms with E-state index in [9.17, 15) is 4.79 Å². The zero-order chi connectivity index (χ0) is 15.1. The van der Waals surface area contributed by atoms with E-state index in [1.54, 1.807) is 6.21 Å². The lowest BCUT2D eigenvalue weighted by Crippen LogP contribution is -2.13. The second kappa shape index (κ2) is 7.18. The fourth-order valence-electron chi connectivity index (χ4n) is 1.51. The number of aromatic amines is 1. The number of aromatic nitrogens is 3. The number of benzene rings is 1. The van der Waals surface area contributed by atoms with Gasteiger partial charge in [-0.05, 0) is 18.1 Å². The normalized spacial score (nSPS) is 11.0. The smallest absolute Gasteiger partial charge is 0.363 e. The highest BCUT2D eigenvalue weighted by molar-refractivity contribution is 5.83.